The van der Waals surface area contributed by atoms with E-state index in [0.29, 0.717) is 6.61 Å². The number of rotatable bonds is 5. The van der Waals surface area contributed by atoms with Crippen LogP contribution in [0.1, 0.15) is 20.3 Å². The van der Waals surface area contributed by atoms with E-state index < -0.39 is 0 Å². The van der Waals surface area contributed by atoms with Gasteiger partial charge >= 0.3 is 5.97 Å². The molecule has 4 heteroatoms. The lowest BCUT2D eigenvalue weighted by molar-refractivity contribution is -0.143. The second-order valence-electron chi connectivity index (χ2n) is 2.62. The molecule has 0 aliphatic heterocycles. The topological polar surface area (TPSA) is 35.5 Å². The number of carbonyl (C=O) groups is 1. The predicted molar refractivity (Wildman–Crippen MR) is 50.4 cm³/mol. The highest BCUT2D eigenvalue weighted by Crippen LogP contribution is 2.02. The third-order valence-electron chi connectivity index (χ3n) is 1.50. The van der Waals surface area contributed by atoms with Crippen molar-refractivity contribution in [2.24, 2.45) is 0 Å². The average molecular weight is 239 g/mol. The van der Waals surface area contributed by atoms with Crippen molar-refractivity contribution in [3.63, 3.8) is 0 Å². The molecule has 0 saturated heterocycles. The summed E-state index contributed by atoms with van der Waals surface area (Å²) >= 11 is 3.12. The molecule has 72 valence electrons. The lowest BCUT2D eigenvalue weighted by Crippen LogP contribution is -2.17. The van der Waals surface area contributed by atoms with Gasteiger partial charge in [0, 0.05) is 13.5 Å². The van der Waals surface area contributed by atoms with Gasteiger partial charge in [-0.2, -0.15) is 0 Å². The van der Waals surface area contributed by atoms with Crippen LogP contribution in [0.25, 0.3) is 0 Å². The van der Waals surface area contributed by atoms with Gasteiger partial charge in [-0.1, -0.05) is 15.9 Å². The fourth-order valence-corrected chi connectivity index (χ4v) is 0.690. The number of hydrogen-bond donors (Lipinski definition) is 0. The maximum Gasteiger partial charge on any atom is 0.319 e. The van der Waals surface area contributed by atoms with Gasteiger partial charge in [0.25, 0.3) is 0 Å². The van der Waals surface area contributed by atoms with E-state index >= 15 is 0 Å². The predicted octanol–water partition coefficient (Wildman–Crippen LogP) is 1.74. The molecule has 0 heterocycles. The third kappa shape index (κ3) is 5.55. The first-order chi connectivity index (χ1) is 5.57. The standard InChI is InChI=1S/C8H15BrO3/c1-6(11-3)4-5-12-8(10)7(2)9/h6-7H,4-5H2,1-3H3. The monoisotopic (exact) mass is 238 g/mol. The summed E-state index contributed by atoms with van der Waals surface area (Å²) in [6.45, 7) is 4.09. The molecule has 0 radical (unpaired) electrons. The summed E-state index contributed by atoms with van der Waals surface area (Å²) in [7, 11) is 1.64. The van der Waals surface area contributed by atoms with Crippen LogP contribution in [-0.4, -0.2) is 30.6 Å². The minimum Gasteiger partial charge on any atom is -0.465 e. The van der Waals surface area contributed by atoms with Gasteiger partial charge in [-0.15, -0.1) is 0 Å². The minimum absolute atomic E-state index is 0.142. The van der Waals surface area contributed by atoms with Crippen molar-refractivity contribution < 1.29 is 14.3 Å². The van der Waals surface area contributed by atoms with Gasteiger partial charge in [-0.25, -0.2) is 0 Å². The zero-order valence-corrected chi connectivity index (χ0v) is 9.26. The highest BCUT2D eigenvalue weighted by molar-refractivity contribution is 9.10. The van der Waals surface area contributed by atoms with E-state index in [9.17, 15) is 4.79 Å². The quantitative estimate of drug-likeness (QED) is 0.541. The Labute approximate surface area is 81.6 Å². The van der Waals surface area contributed by atoms with Crippen LogP contribution in [0.4, 0.5) is 0 Å². The molecule has 2 unspecified atom stereocenters. The minimum atomic E-state index is -0.227. The molecule has 0 aliphatic rings. The molecule has 0 aliphatic carbocycles. The largest absolute Gasteiger partial charge is 0.465 e. The lowest BCUT2D eigenvalue weighted by Gasteiger charge is -2.10. The number of alkyl halides is 1. The molecule has 3 nitrogen and oxygen atoms in total. The van der Waals surface area contributed by atoms with Crippen LogP contribution in [0.15, 0.2) is 0 Å². The summed E-state index contributed by atoms with van der Waals surface area (Å²) in [6, 6.07) is 0. The normalized spacial score (nSPS) is 15.3. The van der Waals surface area contributed by atoms with Crippen molar-refractivity contribution in [1.29, 1.82) is 0 Å². The smallest absolute Gasteiger partial charge is 0.319 e. The van der Waals surface area contributed by atoms with Gasteiger partial charge in [0.15, 0.2) is 0 Å². The van der Waals surface area contributed by atoms with Crippen LogP contribution in [0.2, 0.25) is 0 Å². The molecule has 0 fully saturated rings. The van der Waals surface area contributed by atoms with E-state index in [2.05, 4.69) is 15.9 Å². The molecule has 0 aromatic heterocycles. The first kappa shape index (κ1) is 11.9. The number of esters is 1. The van der Waals surface area contributed by atoms with Crippen LogP contribution in [0.3, 0.4) is 0 Å². The Morgan fingerprint density at radius 3 is 2.50 bits per heavy atom. The first-order valence-electron chi connectivity index (χ1n) is 3.91. The van der Waals surface area contributed by atoms with Crippen LogP contribution >= 0.6 is 15.9 Å². The molecule has 12 heavy (non-hydrogen) atoms. The number of methoxy groups -OCH3 is 1. The van der Waals surface area contributed by atoms with E-state index in [1.54, 1.807) is 14.0 Å². The van der Waals surface area contributed by atoms with Gasteiger partial charge in [0.05, 0.1) is 12.7 Å². The Balaban J connectivity index is 3.37. The molecule has 0 spiro atoms. The molecule has 0 aromatic carbocycles. The van der Waals surface area contributed by atoms with Crippen LogP contribution in [-0.2, 0) is 14.3 Å². The van der Waals surface area contributed by atoms with Gasteiger partial charge < -0.3 is 9.47 Å². The number of carbonyl (C=O) groups excluding carboxylic acids is 1. The maximum atomic E-state index is 10.9. The zero-order valence-electron chi connectivity index (χ0n) is 7.67. The highest BCUT2D eigenvalue weighted by Gasteiger charge is 2.10. The third-order valence-corrected chi connectivity index (χ3v) is 1.87. The first-order valence-corrected chi connectivity index (χ1v) is 4.83. The molecular formula is C8H15BrO3. The second kappa shape index (κ2) is 6.43. The van der Waals surface area contributed by atoms with E-state index in [-0.39, 0.29) is 16.9 Å². The summed E-state index contributed by atoms with van der Waals surface area (Å²) < 4.78 is 9.90. The number of ether oxygens (including phenoxy) is 2. The number of halogens is 1. The lowest BCUT2D eigenvalue weighted by atomic mass is 10.3. The van der Waals surface area contributed by atoms with Crippen molar-refractivity contribution in [1.82, 2.24) is 0 Å². The fourth-order valence-electron chi connectivity index (χ4n) is 0.558. The number of hydrogen-bond acceptors (Lipinski definition) is 3. The summed E-state index contributed by atoms with van der Waals surface area (Å²) in [6.07, 6.45) is 0.880. The molecule has 0 rings (SSSR count). The molecule has 2 atom stereocenters. The average Bonchev–Trinajstić information content (AvgIpc) is 2.03. The van der Waals surface area contributed by atoms with Crippen LogP contribution in [0.5, 0.6) is 0 Å². The fraction of sp³-hybridized carbons (Fsp3) is 0.875. The van der Waals surface area contributed by atoms with E-state index in [4.69, 9.17) is 9.47 Å². The molecule has 0 saturated carbocycles. The Kier molecular flexibility index (Phi) is 6.38. The summed E-state index contributed by atoms with van der Waals surface area (Å²) in [5, 5.41) is 0. The molecule has 0 bridgehead atoms. The van der Waals surface area contributed by atoms with Crippen molar-refractivity contribution in [3.05, 3.63) is 0 Å². The van der Waals surface area contributed by atoms with Gasteiger partial charge in [-0.05, 0) is 13.8 Å². The van der Waals surface area contributed by atoms with Crippen LogP contribution < -0.4 is 0 Å². The molecule has 0 aromatic rings. The van der Waals surface area contributed by atoms with Gasteiger partial charge in [0.2, 0.25) is 0 Å². The maximum absolute atomic E-state index is 10.9. The Bertz CT molecular complexity index is 136. The van der Waals surface area contributed by atoms with Crippen molar-refractivity contribution in [2.75, 3.05) is 13.7 Å². The molecule has 0 amide bonds. The SMILES string of the molecule is COC(C)CCOC(=O)C(C)Br. The summed E-state index contributed by atoms with van der Waals surface area (Å²) in [5.41, 5.74) is 0. The Morgan fingerprint density at radius 1 is 1.50 bits per heavy atom. The van der Waals surface area contributed by atoms with Gasteiger partial charge in [0.1, 0.15) is 4.83 Å². The van der Waals surface area contributed by atoms with Crippen LogP contribution in [0, 0.1) is 0 Å². The molecular weight excluding hydrogens is 224 g/mol. The molecule has 0 N–H and O–H groups in total. The summed E-state index contributed by atoms with van der Waals surface area (Å²) in [5.74, 6) is -0.224. The zero-order chi connectivity index (χ0) is 9.56. The Morgan fingerprint density at radius 2 is 2.08 bits per heavy atom. The van der Waals surface area contributed by atoms with E-state index in [1.807, 2.05) is 6.92 Å². The van der Waals surface area contributed by atoms with Crippen molar-refractivity contribution >= 4 is 21.9 Å². The Hall–Kier alpha value is -0.0900. The van der Waals surface area contributed by atoms with E-state index in [0.717, 1.165) is 6.42 Å². The van der Waals surface area contributed by atoms with Crippen molar-refractivity contribution in [3.8, 4) is 0 Å². The second-order valence-corrected chi connectivity index (χ2v) is 3.99. The highest BCUT2D eigenvalue weighted by atomic mass is 79.9. The van der Waals surface area contributed by atoms with Crippen molar-refractivity contribution in [2.45, 2.75) is 31.2 Å². The van der Waals surface area contributed by atoms with E-state index in [1.165, 1.54) is 0 Å². The van der Waals surface area contributed by atoms with Gasteiger partial charge in [-0.3, -0.25) is 4.79 Å². The summed E-state index contributed by atoms with van der Waals surface area (Å²) in [4.78, 5) is 10.7.